The number of hydrogen-bond acceptors (Lipinski definition) is 5. The molecule has 11 heteroatoms. The van der Waals surface area contributed by atoms with Gasteiger partial charge in [-0.3, -0.25) is 24.3 Å². The van der Waals surface area contributed by atoms with Crippen molar-refractivity contribution in [2.24, 2.45) is 0 Å². The van der Waals surface area contributed by atoms with Gasteiger partial charge >= 0.3 is 0 Å². The third-order valence-electron chi connectivity index (χ3n) is 5.47. The maximum Gasteiger partial charge on any atom is 0.264 e. The van der Waals surface area contributed by atoms with Crippen LogP contribution in [0.5, 0.6) is 0 Å². The number of nitrogens with one attached hydrogen (secondary N) is 1. The average Bonchev–Trinajstić information content (AvgIpc) is 2.52. The molecule has 25 heavy (non-hydrogen) atoms. The van der Waals surface area contributed by atoms with Gasteiger partial charge in [0.1, 0.15) is 43.3 Å². The molecule has 0 aliphatic carbocycles. The van der Waals surface area contributed by atoms with Crippen molar-refractivity contribution < 1.29 is 9.59 Å². The summed E-state index contributed by atoms with van der Waals surface area (Å²) in [6.07, 6.45) is 0. The Hall–Kier alpha value is -2.44. The summed E-state index contributed by atoms with van der Waals surface area (Å²) in [7, 11) is 7.20. The first-order valence-corrected chi connectivity index (χ1v) is 8.20. The minimum atomic E-state index is -0.843. The molecule has 2 amide bonds. The van der Waals surface area contributed by atoms with E-state index in [0.29, 0.717) is 22.4 Å². The fourth-order valence-electron chi connectivity index (χ4n) is 3.49. The number of aromatic nitrogens is 2. The second kappa shape index (κ2) is 5.54. The monoisotopic (exact) mass is 334 g/mol. The highest BCUT2D eigenvalue weighted by Gasteiger charge is 2.48. The van der Waals surface area contributed by atoms with E-state index < -0.39 is 23.0 Å². The van der Waals surface area contributed by atoms with Crippen molar-refractivity contribution in [3.63, 3.8) is 0 Å². The van der Waals surface area contributed by atoms with Crippen LogP contribution in [-0.2, 0) is 9.59 Å². The van der Waals surface area contributed by atoms with Crippen LogP contribution in [0, 0.1) is 6.92 Å². The Kier molecular flexibility index (Phi) is 3.85. The van der Waals surface area contributed by atoms with Crippen molar-refractivity contribution in [1.29, 1.82) is 0 Å². The molecular formula is C14H18B4N4O3. The number of rotatable bonds is 1. The number of amides is 2. The third-order valence-corrected chi connectivity index (χ3v) is 5.47. The van der Waals surface area contributed by atoms with Gasteiger partial charge in [-0.05, 0) is 13.0 Å². The zero-order chi connectivity index (χ0) is 18.7. The van der Waals surface area contributed by atoms with Crippen LogP contribution in [0.15, 0.2) is 16.9 Å². The van der Waals surface area contributed by atoms with Gasteiger partial charge in [-0.2, -0.15) is 0 Å². The fourth-order valence-corrected chi connectivity index (χ4v) is 3.49. The predicted molar refractivity (Wildman–Crippen MR) is 108 cm³/mol. The summed E-state index contributed by atoms with van der Waals surface area (Å²) in [5.74, 6) is -0.852. The Bertz CT molecular complexity index is 988. The minimum absolute atomic E-state index is 0.304. The number of nitrogens with zero attached hydrogens (tertiary/aromatic N) is 2. The van der Waals surface area contributed by atoms with Crippen LogP contribution in [0.2, 0.25) is 11.0 Å². The highest BCUT2D eigenvalue weighted by molar-refractivity contribution is 6.50. The van der Waals surface area contributed by atoms with Gasteiger partial charge in [-0.15, -0.1) is 0 Å². The van der Waals surface area contributed by atoms with Gasteiger partial charge < -0.3 is 5.73 Å². The van der Waals surface area contributed by atoms with E-state index in [1.807, 2.05) is 29.6 Å². The van der Waals surface area contributed by atoms with Crippen LogP contribution in [-0.4, -0.2) is 52.8 Å². The van der Waals surface area contributed by atoms with E-state index in [1.165, 1.54) is 4.57 Å². The van der Waals surface area contributed by atoms with Gasteiger partial charge in [0.2, 0.25) is 11.8 Å². The van der Waals surface area contributed by atoms with Gasteiger partial charge in [0.15, 0.2) is 0 Å². The van der Waals surface area contributed by atoms with E-state index in [9.17, 15) is 14.4 Å². The maximum absolute atomic E-state index is 13.2. The van der Waals surface area contributed by atoms with E-state index in [4.69, 9.17) is 5.73 Å². The van der Waals surface area contributed by atoms with Gasteiger partial charge in [0, 0.05) is 11.5 Å². The number of carbonyl (C=O) groups is 2. The molecule has 0 bridgehead atoms. The largest absolute Gasteiger partial charge is 0.398 e. The third kappa shape index (κ3) is 2.41. The molecule has 1 aromatic heterocycles. The molecule has 2 heterocycles. The molecular weight excluding hydrogens is 315 g/mol. The van der Waals surface area contributed by atoms with Crippen LogP contribution in [0.4, 0.5) is 5.69 Å². The second-order valence-electron chi connectivity index (χ2n) is 7.32. The summed E-state index contributed by atoms with van der Waals surface area (Å²) < 4.78 is 1.37. The number of carbonyl (C=O) groups excluding carboxylic acids is 2. The fraction of sp³-hybridized carbons (Fsp3) is 0.286. The summed E-state index contributed by atoms with van der Waals surface area (Å²) >= 11 is 0. The first-order chi connectivity index (χ1) is 11.6. The molecule has 1 aliphatic rings. The van der Waals surface area contributed by atoms with E-state index in [1.54, 1.807) is 20.8 Å². The Morgan fingerprint density at radius 2 is 1.88 bits per heavy atom. The van der Waals surface area contributed by atoms with Gasteiger partial charge in [-0.1, -0.05) is 16.7 Å². The lowest BCUT2D eigenvalue weighted by Gasteiger charge is -2.43. The van der Waals surface area contributed by atoms with Crippen LogP contribution in [0.3, 0.4) is 0 Å². The summed E-state index contributed by atoms with van der Waals surface area (Å²) in [5.41, 5.74) is 7.39. The summed E-state index contributed by atoms with van der Waals surface area (Å²) in [4.78, 5) is 42.3. The zero-order valence-electron chi connectivity index (χ0n) is 15.0. The number of nitrogens with two attached hydrogens (primary N) is 1. The smallest absolute Gasteiger partial charge is 0.264 e. The first-order valence-electron chi connectivity index (χ1n) is 8.20. The van der Waals surface area contributed by atoms with Gasteiger partial charge in [0.25, 0.3) is 5.56 Å². The van der Waals surface area contributed by atoms with Crippen LogP contribution in [0.1, 0.15) is 11.9 Å². The quantitative estimate of drug-likeness (QED) is 0.311. The lowest BCUT2D eigenvalue weighted by Crippen LogP contribution is -2.55. The van der Waals surface area contributed by atoms with Crippen molar-refractivity contribution in [2.45, 2.75) is 24.0 Å². The van der Waals surface area contributed by atoms with Crippen LogP contribution in [0.25, 0.3) is 10.9 Å². The Balaban J connectivity index is 2.35. The molecule has 3 N–H and O–H groups in total. The van der Waals surface area contributed by atoms with Crippen LogP contribution < -0.4 is 22.1 Å². The minimum Gasteiger partial charge on any atom is -0.398 e. The summed E-state index contributed by atoms with van der Waals surface area (Å²) in [5, 5.41) is 1.92. The lowest BCUT2D eigenvalue weighted by molar-refractivity contribution is -0.136. The highest BCUT2D eigenvalue weighted by Crippen LogP contribution is 2.45. The summed E-state index contributed by atoms with van der Waals surface area (Å²) in [6, 6.07) is 2.72. The average molecular weight is 334 g/mol. The topological polar surface area (TPSA) is 107 Å². The maximum atomic E-state index is 13.2. The molecule has 2 atom stereocenters. The Labute approximate surface area is 148 Å². The molecule has 2 aromatic rings. The highest BCUT2D eigenvalue weighted by atomic mass is 16.2. The van der Waals surface area contributed by atoms with Crippen molar-refractivity contribution in [3.8, 4) is 0 Å². The van der Waals surface area contributed by atoms with E-state index in [-0.39, 0.29) is 11.5 Å². The summed E-state index contributed by atoms with van der Waals surface area (Å²) in [6.45, 7) is 1.68. The molecule has 1 aromatic carbocycles. The number of fused-ring (bicyclic) bond motifs is 1. The lowest BCUT2D eigenvalue weighted by atomic mass is 9.39. The number of piperidine rings is 1. The number of hydrogen-bond donors (Lipinski definition) is 2. The number of aryl methyl sites for hydroxylation is 1. The molecule has 1 fully saturated rings. The molecule has 0 saturated carbocycles. The van der Waals surface area contributed by atoms with Crippen molar-refractivity contribution in [1.82, 2.24) is 14.9 Å². The number of benzene rings is 1. The molecule has 3 rings (SSSR count). The molecule has 2 unspecified atom stereocenters. The molecule has 0 spiro atoms. The van der Waals surface area contributed by atoms with E-state index >= 15 is 0 Å². The molecule has 124 valence electrons. The zero-order valence-corrected chi connectivity index (χ0v) is 15.0. The molecule has 1 saturated heterocycles. The Morgan fingerprint density at radius 1 is 1.24 bits per heavy atom. The number of imide groups is 1. The van der Waals surface area contributed by atoms with Gasteiger partial charge in [0.05, 0.1) is 10.9 Å². The van der Waals surface area contributed by atoms with Crippen molar-refractivity contribution >= 4 is 65.3 Å². The first kappa shape index (κ1) is 17.4. The normalized spacial score (nSPS) is 22.8. The predicted octanol–water partition coefficient (Wildman–Crippen LogP) is -4.45. The molecule has 0 radical (unpaired) electrons. The van der Waals surface area contributed by atoms with E-state index in [2.05, 4.69) is 10.3 Å². The van der Waals surface area contributed by atoms with Crippen molar-refractivity contribution in [3.05, 3.63) is 28.3 Å². The molecule has 1 aliphatic heterocycles. The Morgan fingerprint density at radius 3 is 2.52 bits per heavy atom. The second-order valence-corrected chi connectivity index (χ2v) is 7.32. The van der Waals surface area contributed by atoms with Crippen LogP contribution >= 0.6 is 0 Å². The number of nitrogen functional groups attached to an aromatic ring is 1. The van der Waals surface area contributed by atoms with Crippen molar-refractivity contribution in [2.75, 3.05) is 5.73 Å². The van der Waals surface area contributed by atoms with Gasteiger partial charge in [-0.25, -0.2) is 4.98 Å². The standard InChI is InChI=1S/C14H18B4N4O3/c1-4-20-6-3-2-5(15)8(19)7(6)13(25)22(4)10-12(24)21-11(23)9(16)14(10,17)18/h2-3,9-10H,15-19H2,1H3,(H,21,23,24). The SMILES string of the molecule is Bc1ccc2nc(C)n(C3C(=O)NC(=O)C(B)C3(B)B)c(=O)c2c1N. The van der Waals surface area contributed by atoms with E-state index in [0.717, 1.165) is 5.46 Å². The molecule has 7 nitrogen and oxygen atoms in total. The number of anilines is 1.